The van der Waals surface area contributed by atoms with E-state index in [0.717, 1.165) is 19.3 Å². The minimum Gasteiger partial charge on any atom is -0.444 e. The summed E-state index contributed by atoms with van der Waals surface area (Å²) in [5, 5.41) is 2.71. The second kappa shape index (κ2) is 7.31. The molecule has 0 saturated carbocycles. The standard InChI is InChI=1S/C17H19BrN2O4S/c1-12-11-15(18)24-16(12)17(21)19-13-5-7-14(8-6-13)25(22,23)20-9-3-2-4-10-20/h5-8,11H,2-4,9-10H2,1H3,(H,19,21). The maximum Gasteiger partial charge on any atom is 0.291 e. The number of furan rings is 1. The molecular formula is C17H19BrN2O4S. The van der Waals surface area contributed by atoms with Crippen LogP contribution in [0.5, 0.6) is 0 Å². The normalized spacial score (nSPS) is 15.9. The second-order valence-electron chi connectivity index (χ2n) is 6.01. The highest BCUT2D eigenvalue weighted by Crippen LogP contribution is 2.23. The van der Waals surface area contributed by atoms with Gasteiger partial charge in [0.25, 0.3) is 5.91 Å². The molecule has 1 saturated heterocycles. The van der Waals surface area contributed by atoms with Crippen LogP contribution in [0.25, 0.3) is 0 Å². The third kappa shape index (κ3) is 3.96. The van der Waals surface area contributed by atoms with Crippen LogP contribution in [-0.4, -0.2) is 31.7 Å². The molecule has 1 aliphatic heterocycles. The minimum atomic E-state index is -3.47. The van der Waals surface area contributed by atoms with Gasteiger partial charge in [0, 0.05) is 24.3 Å². The summed E-state index contributed by atoms with van der Waals surface area (Å²) in [6.07, 6.45) is 2.86. The van der Waals surface area contributed by atoms with Crippen molar-refractivity contribution in [2.24, 2.45) is 0 Å². The van der Waals surface area contributed by atoms with Crippen LogP contribution >= 0.6 is 15.9 Å². The highest BCUT2D eigenvalue weighted by molar-refractivity contribution is 9.10. The lowest BCUT2D eigenvalue weighted by molar-refractivity contribution is 0.0994. The molecule has 6 nitrogen and oxygen atoms in total. The van der Waals surface area contributed by atoms with Crippen molar-refractivity contribution in [3.8, 4) is 0 Å². The summed E-state index contributed by atoms with van der Waals surface area (Å²) in [5.41, 5.74) is 1.23. The average Bonchev–Trinajstić information content (AvgIpc) is 2.94. The van der Waals surface area contributed by atoms with E-state index in [0.29, 0.717) is 29.0 Å². The van der Waals surface area contributed by atoms with Gasteiger partial charge in [0.05, 0.1) is 4.90 Å². The van der Waals surface area contributed by atoms with Crippen LogP contribution in [0.15, 0.2) is 44.3 Å². The Labute approximate surface area is 155 Å². The number of rotatable bonds is 4. The van der Waals surface area contributed by atoms with Crippen molar-refractivity contribution >= 4 is 37.5 Å². The Balaban J connectivity index is 1.74. The molecule has 1 N–H and O–H groups in total. The van der Waals surface area contributed by atoms with E-state index in [1.54, 1.807) is 25.1 Å². The summed E-state index contributed by atoms with van der Waals surface area (Å²) in [5.74, 6) is -0.160. The van der Waals surface area contributed by atoms with Crippen LogP contribution < -0.4 is 5.32 Å². The third-order valence-electron chi connectivity index (χ3n) is 4.16. The van der Waals surface area contributed by atoms with E-state index in [1.165, 1.54) is 16.4 Å². The van der Waals surface area contributed by atoms with Gasteiger partial charge >= 0.3 is 0 Å². The van der Waals surface area contributed by atoms with Crippen molar-refractivity contribution < 1.29 is 17.6 Å². The number of hydrogen-bond donors (Lipinski definition) is 1. The number of hydrogen-bond acceptors (Lipinski definition) is 4. The molecule has 0 spiro atoms. The first-order valence-electron chi connectivity index (χ1n) is 8.05. The zero-order valence-corrected chi connectivity index (χ0v) is 16.2. The Bertz CT molecular complexity index is 869. The summed E-state index contributed by atoms with van der Waals surface area (Å²) in [6.45, 7) is 2.90. The van der Waals surface area contributed by atoms with E-state index in [9.17, 15) is 13.2 Å². The number of piperidine rings is 1. The maximum absolute atomic E-state index is 12.6. The van der Waals surface area contributed by atoms with E-state index in [-0.39, 0.29) is 16.6 Å². The first-order chi connectivity index (χ1) is 11.9. The number of aryl methyl sites for hydroxylation is 1. The predicted molar refractivity (Wildman–Crippen MR) is 98.2 cm³/mol. The van der Waals surface area contributed by atoms with E-state index in [1.807, 2.05) is 0 Å². The van der Waals surface area contributed by atoms with Crippen molar-refractivity contribution in [2.45, 2.75) is 31.1 Å². The summed E-state index contributed by atoms with van der Waals surface area (Å²) in [7, 11) is -3.47. The molecule has 2 heterocycles. The number of benzene rings is 1. The van der Waals surface area contributed by atoms with Crippen molar-refractivity contribution in [1.82, 2.24) is 4.31 Å². The molecule has 8 heteroatoms. The van der Waals surface area contributed by atoms with Crippen LogP contribution in [0.1, 0.15) is 35.4 Å². The van der Waals surface area contributed by atoms with Crippen LogP contribution in [-0.2, 0) is 10.0 Å². The molecule has 1 aromatic heterocycles. The Morgan fingerprint density at radius 3 is 2.36 bits per heavy atom. The Kier molecular flexibility index (Phi) is 5.31. The number of nitrogens with zero attached hydrogens (tertiary/aromatic N) is 1. The number of anilines is 1. The lowest BCUT2D eigenvalue weighted by Crippen LogP contribution is -2.35. The monoisotopic (exact) mass is 426 g/mol. The molecule has 134 valence electrons. The summed E-state index contributed by atoms with van der Waals surface area (Å²) in [6, 6.07) is 7.92. The molecule has 25 heavy (non-hydrogen) atoms. The van der Waals surface area contributed by atoms with Gasteiger partial charge in [-0.25, -0.2) is 8.42 Å². The van der Waals surface area contributed by atoms with E-state index < -0.39 is 10.0 Å². The number of carbonyl (C=O) groups is 1. The number of sulfonamides is 1. The van der Waals surface area contributed by atoms with Crippen molar-refractivity contribution in [2.75, 3.05) is 18.4 Å². The maximum atomic E-state index is 12.6. The third-order valence-corrected chi connectivity index (χ3v) is 6.46. The number of amides is 1. The van der Waals surface area contributed by atoms with Gasteiger partial charge in [0.1, 0.15) is 0 Å². The minimum absolute atomic E-state index is 0.219. The van der Waals surface area contributed by atoms with Gasteiger partial charge in [0.2, 0.25) is 10.0 Å². The summed E-state index contributed by atoms with van der Waals surface area (Å²) in [4.78, 5) is 12.5. The average molecular weight is 427 g/mol. The van der Waals surface area contributed by atoms with Crippen molar-refractivity contribution in [1.29, 1.82) is 0 Å². The molecule has 0 radical (unpaired) electrons. The number of carbonyl (C=O) groups excluding carboxylic acids is 1. The van der Waals surface area contributed by atoms with Gasteiger partial charge in [-0.15, -0.1) is 0 Å². The largest absolute Gasteiger partial charge is 0.444 e. The zero-order valence-electron chi connectivity index (χ0n) is 13.8. The Morgan fingerprint density at radius 2 is 1.80 bits per heavy atom. The molecule has 1 aliphatic rings. The fourth-order valence-electron chi connectivity index (χ4n) is 2.82. The van der Waals surface area contributed by atoms with Crippen LogP contribution in [0.4, 0.5) is 5.69 Å². The van der Waals surface area contributed by atoms with E-state index >= 15 is 0 Å². The fourth-order valence-corrected chi connectivity index (χ4v) is 4.84. The van der Waals surface area contributed by atoms with Gasteiger partial charge in [-0.1, -0.05) is 6.42 Å². The second-order valence-corrected chi connectivity index (χ2v) is 8.73. The lowest BCUT2D eigenvalue weighted by atomic mass is 10.2. The fraction of sp³-hybridized carbons (Fsp3) is 0.353. The van der Waals surface area contributed by atoms with Crippen molar-refractivity contribution in [3.63, 3.8) is 0 Å². The molecule has 2 aromatic rings. The predicted octanol–water partition coefficient (Wildman–Crippen LogP) is 3.78. The van der Waals surface area contributed by atoms with Gasteiger partial charge in [0.15, 0.2) is 10.4 Å². The molecular weight excluding hydrogens is 408 g/mol. The smallest absolute Gasteiger partial charge is 0.291 e. The number of halogens is 1. The van der Waals surface area contributed by atoms with E-state index in [2.05, 4.69) is 21.2 Å². The Morgan fingerprint density at radius 1 is 1.16 bits per heavy atom. The lowest BCUT2D eigenvalue weighted by Gasteiger charge is -2.25. The van der Waals surface area contributed by atoms with Gasteiger partial charge in [-0.3, -0.25) is 4.79 Å². The zero-order chi connectivity index (χ0) is 18.0. The molecule has 0 bridgehead atoms. The first-order valence-corrected chi connectivity index (χ1v) is 10.3. The van der Waals surface area contributed by atoms with Gasteiger partial charge in [-0.2, -0.15) is 4.31 Å². The molecule has 1 amide bonds. The molecule has 0 aliphatic carbocycles. The number of nitrogens with one attached hydrogen (secondary N) is 1. The molecule has 1 aromatic carbocycles. The molecule has 0 atom stereocenters. The van der Waals surface area contributed by atoms with Crippen molar-refractivity contribution in [3.05, 3.63) is 46.3 Å². The van der Waals surface area contributed by atoms with Gasteiger partial charge in [-0.05, 0) is 66.0 Å². The Hall–Kier alpha value is -1.64. The van der Waals surface area contributed by atoms with Crippen LogP contribution in [0.3, 0.4) is 0 Å². The summed E-state index contributed by atoms with van der Waals surface area (Å²) < 4.78 is 32.5. The topological polar surface area (TPSA) is 79.6 Å². The molecule has 3 rings (SSSR count). The van der Waals surface area contributed by atoms with Gasteiger partial charge < -0.3 is 9.73 Å². The van der Waals surface area contributed by atoms with E-state index in [4.69, 9.17) is 4.42 Å². The quantitative estimate of drug-likeness (QED) is 0.806. The molecule has 1 fully saturated rings. The highest BCUT2D eigenvalue weighted by Gasteiger charge is 2.25. The summed E-state index contributed by atoms with van der Waals surface area (Å²) >= 11 is 3.19. The SMILES string of the molecule is Cc1cc(Br)oc1C(=O)Nc1ccc(S(=O)(=O)N2CCCCC2)cc1. The van der Waals surface area contributed by atoms with Crippen LogP contribution in [0.2, 0.25) is 0 Å². The van der Waals surface area contributed by atoms with Crippen LogP contribution in [0, 0.1) is 6.92 Å². The molecule has 0 unspecified atom stereocenters. The highest BCUT2D eigenvalue weighted by atomic mass is 79.9. The first kappa shape index (κ1) is 18.2.